The molecule has 3 heterocycles. The lowest BCUT2D eigenvalue weighted by molar-refractivity contribution is -0.148. The van der Waals surface area contributed by atoms with Crippen molar-refractivity contribution in [1.29, 1.82) is 0 Å². The van der Waals surface area contributed by atoms with Gasteiger partial charge in [-0.05, 0) is 27.2 Å². The average Bonchev–Trinajstić information content (AvgIpc) is 2.93. The van der Waals surface area contributed by atoms with E-state index in [9.17, 15) is 5.11 Å². The van der Waals surface area contributed by atoms with Crippen LogP contribution < -0.4 is 0 Å². The first-order chi connectivity index (χ1) is 10.00. The van der Waals surface area contributed by atoms with Crippen LogP contribution in [0.2, 0.25) is 0 Å². The Labute approximate surface area is 122 Å². The van der Waals surface area contributed by atoms with Crippen molar-refractivity contribution in [3.63, 3.8) is 0 Å². The summed E-state index contributed by atoms with van der Waals surface area (Å²) in [5.74, 6) is -0.633. The van der Waals surface area contributed by atoms with Crippen molar-refractivity contribution in [1.82, 2.24) is 19.5 Å². The van der Waals surface area contributed by atoms with Gasteiger partial charge < -0.3 is 19.1 Å². The zero-order chi connectivity index (χ0) is 15.0. The molecule has 0 amide bonds. The van der Waals surface area contributed by atoms with Crippen LogP contribution >= 0.6 is 0 Å². The van der Waals surface area contributed by atoms with Gasteiger partial charge in [0.05, 0.1) is 24.7 Å². The molecule has 2 aromatic rings. The highest BCUT2D eigenvalue weighted by Gasteiger charge is 2.41. The molecule has 0 saturated carbocycles. The summed E-state index contributed by atoms with van der Waals surface area (Å²) in [4.78, 5) is 12.8. The zero-order valence-corrected chi connectivity index (χ0v) is 12.5. The summed E-state index contributed by atoms with van der Waals surface area (Å²) in [7, 11) is 0. The number of nitrogens with zero attached hydrogens (tertiary/aromatic N) is 4. The highest BCUT2D eigenvalue weighted by Crippen LogP contribution is 2.31. The minimum Gasteiger partial charge on any atom is -0.396 e. The summed E-state index contributed by atoms with van der Waals surface area (Å²) in [5, 5.41) is 9.17. The molecule has 1 aliphatic heterocycles. The number of rotatable bonds is 4. The van der Waals surface area contributed by atoms with Crippen LogP contribution in [0.4, 0.5) is 0 Å². The Morgan fingerprint density at radius 1 is 1.24 bits per heavy atom. The molecule has 3 rings (SSSR count). The van der Waals surface area contributed by atoms with Gasteiger partial charge in [0.2, 0.25) is 0 Å². The van der Waals surface area contributed by atoms with Crippen molar-refractivity contribution in [2.45, 2.75) is 51.7 Å². The lowest BCUT2D eigenvalue weighted by Crippen LogP contribution is -2.28. The number of aromatic nitrogens is 4. The normalized spacial score (nSPS) is 24.8. The fraction of sp³-hybridized carbons (Fsp3) is 0.643. The van der Waals surface area contributed by atoms with E-state index in [1.54, 1.807) is 6.33 Å². The molecule has 0 aromatic carbocycles. The van der Waals surface area contributed by atoms with E-state index in [2.05, 4.69) is 15.0 Å². The van der Waals surface area contributed by atoms with Gasteiger partial charge in [-0.2, -0.15) is 0 Å². The van der Waals surface area contributed by atoms with Crippen LogP contribution in [0, 0.1) is 6.92 Å². The topological polar surface area (TPSA) is 82.3 Å². The smallest absolute Gasteiger partial charge is 0.163 e. The third-order valence-corrected chi connectivity index (χ3v) is 3.66. The first-order valence-corrected chi connectivity index (χ1v) is 7.09. The zero-order valence-electron chi connectivity index (χ0n) is 12.5. The van der Waals surface area contributed by atoms with Gasteiger partial charge in [-0.1, -0.05) is 0 Å². The molecule has 2 aromatic heterocycles. The minimum atomic E-state index is -0.633. The quantitative estimate of drug-likeness (QED) is 0.906. The maximum Gasteiger partial charge on any atom is 0.163 e. The minimum absolute atomic E-state index is 0.0760. The number of ether oxygens (including phenoxy) is 2. The van der Waals surface area contributed by atoms with Gasteiger partial charge >= 0.3 is 0 Å². The van der Waals surface area contributed by atoms with E-state index in [1.165, 1.54) is 6.33 Å². The second-order valence-electron chi connectivity index (χ2n) is 5.75. The average molecular weight is 292 g/mol. The summed E-state index contributed by atoms with van der Waals surface area (Å²) in [5.41, 5.74) is 2.45. The van der Waals surface area contributed by atoms with Gasteiger partial charge in [-0.3, -0.25) is 0 Å². The van der Waals surface area contributed by atoms with Gasteiger partial charge in [-0.25, -0.2) is 15.0 Å². The number of aliphatic hydroxyl groups excluding tert-OH is 1. The van der Waals surface area contributed by atoms with Crippen LogP contribution in [-0.2, 0) is 16.0 Å². The molecular weight excluding hydrogens is 272 g/mol. The highest BCUT2D eigenvalue weighted by molar-refractivity contribution is 5.72. The summed E-state index contributed by atoms with van der Waals surface area (Å²) in [6.07, 6.45) is 3.56. The number of hydrogen-bond acceptors (Lipinski definition) is 6. The Kier molecular flexibility index (Phi) is 3.64. The maximum absolute atomic E-state index is 9.17. The van der Waals surface area contributed by atoms with E-state index in [0.717, 1.165) is 16.9 Å². The van der Waals surface area contributed by atoms with Crippen molar-refractivity contribution >= 4 is 11.2 Å². The molecule has 1 saturated heterocycles. The summed E-state index contributed by atoms with van der Waals surface area (Å²) in [6, 6.07) is 0. The molecule has 21 heavy (non-hydrogen) atoms. The molecule has 0 bridgehead atoms. The molecule has 1 aliphatic rings. The first-order valence-electron chi connectivity index (χ1n) is 7.09. The van der Waals surface area contributed by atoms with Gasteiger partial charge in [0.1, 0.15) is 17.9 Å². The molecule has 0 spiro atoms. The van der Waals surface area contributed by atoms with Gasteiger partial charge in [-0.15, -0.1) is 0 Å². The fourth-order valence-electron chi connectivity index (χ4n) is 2.76. The summed E-state index contributed by atoms with van der Waals surface area (Å²) < 4.78 is 13.7. The van der Waals surface area contributed by atoms with Crippen molar-refractivity contribution in [3.05, 3.63) is 18.3 Å². The molecule has 1 N–H and O–H groups in total. The number of aryl methyl sites for hydroxylation is 1. The van der Waals surface area contributed by atoms with Crippen LogP contribution in [0.15, 0.2) is 12.7 Å². The molecule has 114 valence electrons. The molecule has 0 unspecified atom stereocenters. The molecule has 1 fully saturated rings. The lowest BCUT2D eigenvalue weighted by Gasteiger charge is -2.17. The Morgan fingerprint density at radius 3 is 2.76 bits per heavy atom. The number of fused-ring (bicyclic) bond motifs is 1. The van der Waals surface area contributed by atoms with Crippen molar-refractivity contribution in [2.75, 3.05) is 6.61 Å². The standard InChI is InChI=1S/C14H20N4O3/c1-9-12-13(16-7-15-9)18(8-17-12)6-11-10(4-5-19)20-14(2,3)21-11/h7-8,10-11,19H,4-6H2,1-3H3/t10-,11+/m1/s1. The fourth-order valence-corrected chi connectivity index (χ4v) is 2.76. The van der Waals surface area contributed by atoms with Crippen LogP contribution in [0.1, 0.15) is 26.0 Å². The largest absolute Gasteiger partial charge is 0.396 e. The SMILES string of the molecule is Cc1ncnc2c1ncn2C[C@@H]1OC(C)(C)O[C@@H]1CCO. The van der Waals surface area contributed by atoms with Crippen LogP contribution in [0.25, 0.3) is 11.2 Å². The summed E-state index contributed by atoms with van der Waals surface area (Å²) >= 11 is 0. The predicted octanol–water partition coefficient (Wildman–Crippen LogP) is 1.04. The Balaban J connectivity index is 1.85. The second kappa shape index (κ2) is 5.32. The van der Waals surface area contributed by atoms with E-state index in [1.807, 2.05) is 25.3 Å². The third kappa shape index (κ3) is 2.76. The highest BCUT2D eigenvalue weighted by atomic mass is 16.8. The summed E-state index contributed by atoms with van der Waals surface area (Å²) in [6.45, 7) is 6.34. The first kappa shape index (κ1) is 14.4. The molecule has 7 heteroatoms. The Hall–Kier alpha value is -1.57. The molecule has 0 aliphatic carbocycles. The maximum atomic E-state index is 9.17. The number of hydrogen-bond donors (Lipinski definition) is 1. The van der Waals surface area contributed by atoms with Crippen LogP contribution in [0.5, 0.6) is 0 Å². The van der Waals surface area contributed by atoms with Gasteiger partial charge in [0, 0.05) is 6.61 Å². The van der Waals surface area contributed by atoms with Gasteiger partial charge in [0.25, 0.3) is 0 Å². The third-order valence-electron chi connectivity index (χ3n) is 3.66. The van der Waals surface area contributed by atoms with Gasteiger partial charge in [0.15, 0.2) is 11.4 Å². The predicted molar refractivity (Wildman–Crippen MR) is 75.6 cm³/mol. The molecule has 2 atom stereocenters. The Bertz CT molecular complexity index is 640. The molecule has 0 radical (unpaired) electrons. The van der Waals surface area contributed by atoms with E-state index in [-0.39, 0.29) is 18.8 Å². The number of imidazole rings is 1. The van der Waals surface area contributed by atoms with Crippen LogP contribution in [0.3, 0.4) is 0 Å². The van der Waals surface area contributed by atoms with E-state index in [0.29, 0.717) is 13.0 Å². The van der Waals surface area contributed by atoms with E-state index >= 15 is 0 Å². The number of aliphatic hydroxyl groups is 1. The molecule has 7 nitrogen and oxygen atoms in total. The Morgan fingerprint density at radius 2 is 2.00 bits per heavy atom. The van der Waals surface area contributed by atoms with E-state index < -0.39 is 5.79 Å². The van der Waals surface area contributed by atoms with Crippen molar-refractivity contribution in [2.24, 2.45) is 0 Å². The second-order valence-corrected chi connectivity index (χ2v) is 5.75. The molecular formula is C14H20N4O3. The van der Waals surface area contributed by atoms with Crippen LogP contribution in [-0.4, -0.2) is 49.2 Å². The monoisotopic (exact) mass is 292 g/mol. The van der Waals surface area contributed by atoms with Crippen molar-refractivity contribution < 1.29 is 14.6 Å². The van der Waals surface area contributed by atoms with E-state index in [4.69, 9.17) is 9.47 Å². The van der Waals surface area contributed by atoms with Crippen molar-refractivity contribution in [3.8, 4) is 0 Å². The lowest BCUT2D eigenvalue weighted by atomic mass is 10.1.